The zero-order valence-corrected chi connectivity index (χ0v) is 16.6. The smallest absolute Gasteiger partial charge is 0.336 e. The van der Waals surface area contributed by atoms with E-state index in [-0.39, 0.29) is 33.8 Å². The second-order valence-corrected chi connectivity index (χ2v) is 5.87. The van der Waals surface area contributed by atoms with Gasteiger partial charge in [-0.1, -0.05) is 18.2 Å². The van der Waals surface area contributed by atoms with Gasteiger partial charge in [-0.05, 0) is 42.8 Å². The van der Waals surface area contributed by atoms with Crippen LogP contribution >= 0.6 is 0 Å². The largest absolute Gasteiger partial charge is 0.497 e. The van der Waals surface area contributed by atoms with E-state index in [1.54, 1.807) is 31.2 Å². The van der Waals surface area contributed by atoms with Crippen molar-refractivity contribution in [2.45, 2.75) is 6.92 Å². The summed E-state index contributed by atoms with van der Waals surface area (Å²) in [6.07, 6.45) is 2.83. The maximum Gasteiger partial charge on any atom is 0.336 e. The van der Waals surface area contributed by atoms with Crippen molar-refractivity contribution in [1.82, 2.24) is 0 Å². The SMILES string of the molecule is C/C=C(\C(=O)O)c1ccc(OC)c(OC)c1/C(=C/c1cccc(OC)c1)C(=O)O. The van der Waals surface area contributed by atoms with Crippen LogP contribution in [0.15, 0.2) is 42.5 Å². The van der Waals surface area contributed by atoms with Crippen LogP contribution in [-0.2, 0) is 9.59 Å². The van der Waals surface area contributed by atoms with Gasteiger partial charge >= 0.3 is 11.9 Å². The number of rotatable bonds is 8. The Bertz CT molecular complexity index is 987. The number of carboxylic acids is 2. The number of methoxy groups -OCH3 is 3. The summed E-state index contributed by atoms with van der Waals surface area (Å²) in [7, 11) is 4.29. The van der Waals surface area contributed by atoms with Crippen molar-refractivity contribution in [1.29, 1.82) is 0 Å². The minimum Gasteiger partial charge on any atom is -0.497 e. The average molecular weight is 398 g/mol. The molecule has 2 N–H and O–H groups in total. The molecule has 2 rings (SSSR count). The van der Waals surface area contributed by atoms with Crippen molar-refractivity contribution in [2.75, 3.05) is 21.3 Å². The van der Waals surface area contributed by atoms with E-state index in [0.717, 1.165) is 0 Å². The van der Waals surface area contributed by atoms with Gasteiger partial charge in [0.15, 0.2) is 11.5 Å². The monoisotopic (exact) mass is 398 g/mol. The van der Waals surface area contributed by atoms with Gasteiger partial charge in [0.2, 0.25) is 0 Å². The summed E-state index contributed by atoms with van der Waals surface area (Å²) in [6.45, 7) is 1.57. The van der Waals surface area contributed by atoms with Crippen LogP contribution in [0.5, 0.6) is 17.2 Å². The normalized spacial score (nSPS) is 11.7. The first-order valence-electron chi connectivity index (χ1n) is 8.62. The quantitative estimate of drug-likeness (QED) is 0.515. The van der Waals surface area contributed by atoms with Crippen molar-refractivity contribution in [3.8, 4) is 17.2 Å². The molecule has 0 fully saturated rings. The van der Waals surface area contributed by atoms with Crippen LogP contribution in [-0.4, -0.2) is 43.5 Å². The van der Waals surface area contributed by atoms with Gasteiger partial charge in [0.25, 0.3) is 0 Å². The molecule has 0 saturated heterocycles. The molecule has 0 aromatic heterocycles. The van der Waals surface area contributed by atoms with Gasteiger partial charge in [-0.15, -0.1) is 0 Å². The molecule has 0 atom stereocenters. The number of hydrogen-bond acceptors (Lipinski definition) is 5. The summed E-state index contributed by atoms with van der Waals surface area (Å²) in [6, 6.07) is 9.88. The van der Waals surface area contributed by atoms with Crippen LogP contribution in [0.2, 0.25) is 0 Å². The molecule has 0 radical (unpaired) electrons. The van der Waals surface area contributed by atoms with Crippen molar-refractivity contribution < 1.29 is 34.0 Å². The Labute approximate surface area is 168 Å². The van der Waals surface area contributed by atoms with Gasteiger partial charge in [-0.25, -0.2) is 9.59 Å². The summed E-state index contributed by atoms with van der Waals surface area (Å²) >= 11 is 0. The van der Waals surface area contributed by atoms with Crippen molar-refractivity contribution in [2.24, 2.45) is 0 Å². The first-order valence-corrected chi connectivity index (χ1v) is 8.62. The van der Waals surface area contributed by atoms with Gasteiger partial charge in [0.05, 0.1) is 32.5 Å². The fraction of sp³-hybridized carbons (Fsp3) is 0.182. The van der Waals surface area contributed by atoms with Gasteiger partial charge in [-0.3, -0.25) is 0 Å². The van der Waals surface area contributed by atoms with E-state index in [2.05, 4.69) is 0 Å². The highest BCUT2D eigenvalue weighted by atomic mass is 16.5. The number of allylic oxidation sites excluding steroid dienone is 1. The molecule has 29 heavy (non-hydrogen) atoms. The number of carboxylic acid groups (broad SMARTS) is 2. The van der Waals surface area contributed by atoms with Crippen molar-refractivity contribution in [3.05, 3.63) is 59.2 Å². The molecule has 152 valence electrons. The Morgan fingerprint density at radius 1 is 0.897 bits per heavy atom. The third-order valence-corrected chi connectivity index (χ3v) is 4.26. The highest BCUT2D eigenvalue weighted by Crippen LogP contribution is 2.41. The lowest BCUT2D eigenvalue weighted by atomic mass is 9.91. The number of aliphatic carboxylic acids is 2. The number of carbonyl (C=O) groups is 2. The van der Waals surface area contributed by atoms with Crippen LogP contribution in [0.3, 0.4) is 0 Å². The van der Waals surface area contributed by atoms with Crippen LogP contribution in [0, 0.1) is 0 Å². The van der Waals surface area contributed by atoms with E-state index < -0.39 is 11.9 Å². The molecule has 0 spiro atoms. The van der Waals surface area contributed by atoms with E-state index in [1.165, 1.54) is 45.6 Å². The summed E-state index contributed by atoms with van der Waals surface area (Å²) in [5, 5.41) is 19.5. The standard InChI is InChI=1S/C22H22O7/c1-5-15(21(23)24)16-9-10-18(28-3)20(29-4)19(16)17(22(25)26)12-13-7-6-8-14(11-13)27-2/h5-12H,1-4H3,(H,23,24)(H,25,26)/b15-5-,17-12-. The van der Waals surface area contributed by atoms with Crippen LogP contribution < -0.4 is 14.2 Å². The number of ether oxygens (including phenoxy) is 3. The number of benzene rings is 2. The van der Waals surface area contributed by atoms with Gasteiger partial charge in [0, 0.05) is 11.1 Å². The lowest BCUT2D eigenvalue weighted by Gasteiger charge is -2.18. The highest BCUT2D eigenvalue weighted by molar-refractivity contribution is 6.25. The third kappa shape index (κ3) is 4.57. The first-order chi connectivity index (χ1) is 13.9. The molecule has 0 amide bonds. The van der Waals surface area contributed by atoms with Gasteiger partial charge in [0.1, 0.15) is 5.75 Å². The van der Waals surface area contributed by atoms with E-state index >= 15 is 0 Å². The van der Waals surface area contributed by atoms with Gasteiger partial charge < -0.3 is 24.4 Å². The first kappa shape index (κ1) is 21.6. The predicted molar refractivity (Wildman–Crippen MR) is 109 cm³/mol. The second-order valence-electron chi connectivity index (χ2n) is 5.87. The summed E-state index contributed by atoms with van der Waals surface area (Å²) in [5.41, 5.74) is 0.671. The van der Waals surface area contributed by atoms with E-state index in [0.29, 0.717) is 11.3 Å². The minimum atomic E-state index is -1.25. The molecule has 0 unspecified atom stereocenters. The molecule has 0 heterocycles. The molecule has 0 aliphatic carbocycles. The Hall–Kier alpha value is -3.74. The third-order valence-electron chi connectivity index (χ3n) is 4.26. The summed E-state index contributed by atoms with van der Waals surface area (Å²) in [5.74, 6) is -1.47. The molecule has 7 nitrogen and oxygen atoms in total. The van der Waals surface area contributed by atoms with E-state index in [1.807, 2.05) is 0 Å². The summed E-state index contributed by atoms with van der Waals surface area (Å²) < 4.78 is 15.9. The second kappa shape index (κ2) is 9.45. The molecule has 2 aromatic carbocycles. The maximum absolute atomic E-state index is 12.2. The fourth-order valence-electron chi connectivity index (χ4n) is 2.95. The highest BCUT2D eigenvalue weighted by Gasteiger charge is 2.26. The molecule has 0 bridgehead atoms. The zero-order chi connectivity index (χ0) is 21.6. The molecule has 7 heteroatoms. The number of hydrogen-bond donors (Lipinski definition) is 2. The van der Waals surface area contributed by atoms with E-state index in [9.17, 15) is 19.8 Å². The van der Waals surface area contributed by atoms with Crippen LogP contribution in [0.1, 0.15) is 23.6 Å². The van der Waals surface area contributed by atoms with Crippen LogP contribution in [0.4, 0.5) is 0 Å². The Morgan fingerprint density at radius 2 is 1.59 bits per heavy atom. The lowest BCUT2D eigenvalue weighted by Crippen LogP contribution is -2.09. The zero-order valence-electron chi connectivity index (χ0n) is 16.6. The summed E-state index contributed by atoms with van der Waals surface area (Å²) in [4.78, 5) is 23.9. The van der Waals surface area contributed by atoms with Gasteiger partial charge in [-0.2, -0.15) is 0 Å². The Balaban J connectivity index is 2.89. The fourth-order valence-corrected chi connectivity index (χ4v) is 2.95. The molecular weight excluding hydrogens is 376 g/mol. The molecule has 0 saturated carbocycles. The topological polar surface area (TPSA) is 102 Å². The Kier molecular flexibility index (Phi) is 7.03. The van der Waals surface area contributed by atoms with Crippen LogP contribution in [0.25, 0.3) is 17.2 Å². The maximum atomic E-state index is 12.2. The van der Waals surface area contributed by atoms with Crippen molar-refractivity contribution in [3.63, 3.8) is 0 Å². The molecule has 2 aromatic rings. The van der Waals surface area contributed by atoms with E-state index in [4.69, 9.17) is 14.2 Å². The predicted octanol–water partition coefficient (Wildman–Crippen LogP) is 3.83. The minimum absolute atomic E-state index is 0.0567. The average Bonchev–Trinajstić information content (AvgIpc) is 2.71. The Morgan fingerprint density at radius 3 is 2.10 bits per heavy atom. The molecule has 0 aliphatic heterocycles. The molecular formula is C22H22O7. The lowest BCUT2D eigenvalue weighted by molar-refractivity contribution is -0.131. The molecule has 0 aliphatic rings. The van der Waals surface area contributed by atoms with Crippen molar-refractivity contribution >= 4 is 29.2 Å².